The molecule has 0 radical (unpaired) electrons. The van der Waals surface area contributed by atoms with Crippen LogP contribution >= 0.6 is 0 Å². The Bertz CT molecular complexity index is 226. The molecule has 0 aromatic rings. The summed E-state index contributed by atoms with van der Waals surface area (Å²) in [6, 6.07) is 0. The summed E-state index contributed by atoms with van der Waals surface area (Å²) in [4.78, 5) is 11.6. The third-order valence-corrected chi connectivity index (χ3v) is 1.46. The van der Waals surface area contributed by atoms with Gasteiger partial charge in [0, 0.05) is 11.0 Å². The molecule has 0 aliphatic carbocycles. The first-order valence-electron chi connectivity index (χ1n) is 3.93. The van der Waals surface area contributed by atoms with Crippen LogP contribution in [0.15, 0.2) is 37.0 Å². The van der Waals surface area contributed by atoms with E-state index in [0.717, 1.165) is 0 Å². The number of hydrogen-bond donors (Lipinski definition) is 0. The highest BCUT2D eigenvalue weighted by Crippen LogP contribution is 2.20. The molecule has 0 atom stereocenters. The first kappa shape index (κ1) is 10.9. The Hall–Kier alpha value is -1.11. The second-order valence-corrected chi connectivity index (χ2v) is 3.64. The molecule has 0 spiro atoms. The molecule has 0 amide bonds. The Labute approximate surface area is 74.5 Å². The summed E-state index contributed by atoms with van der Waals surface area (Å²) in [7, 11) is 0. The molecule has 1 nitrogen and oxygen atoms in total. The van der Waals surface area contributed by atoms with Gasteiger partial charge in [-0.2, -0.15) is 0 Å². The summed E-state index contributed by atoms with van der Waals surface area (Å²) in [6.45, 7) is 12.8. The molecule has 0 fully saturated rings. The van der Waals surface area contributed by atoms with E-state index in [-0.39, 0.29) is 11.2 Å². The van der Waals surface area contributed by atoms with E-state index in [9.17, 15) is 4.79 Å². The number of ketones is 1. The zero-order valence-electron chi connectivity index (χ0n) is 8.05. The van der Waals surface area contributed by atoms with E-state index in [0.29, 0.717) is 5.57 Å². The van der Waals surface area contributed by atoms with Crippen molar-refractivity contribution in [2.24, 2.45) is 5.41 Å². The van der Waals surface area contributed by atoms with Gasteiger partial charge in [-0.05, 0) is 0 Å². The SMILES string of the molecule is C=C/C=C(\C=C)C(=O)C(C)(C)C. The Kier molecular flexibility index (Phi) is 3.68. The largest absolute Gasteiger partial charge is 0.294 e. The summed E-state index contributed by atoms with van der Waals surface area (Å²) in [6.07, 6.45) is 4.84. The number of rotatable bonds is 3. The van der Waals surface area contributed by atoms with Gasteiger partial charge in [0.15, 0.2) is 5.78 Å². The second-order valence-electron chi connectivity index (χ2n) is 3.64. The summed E-state index contributed by atoms with van der Waals surface area (Å²) in [5.41, 5.74) is 0.278. The van der Waals surface area contributed by atoms with E-state index >= 15 is 0 Å². The molecule has 0 bridgehead atoms. The van der Waals surface area contributed by atoms with E-state index in [1.165, 1.54) is 0 Å². The summed E-state index contributed by atoms with van der Waals surface area (Å²) in [5, 5.41) is 0. The van der Waals surface area contributed by atoms with Gasteiger partial charge in [0.1, 0.15) is 0 Å². The van der Waals surface area contributed by atoms with Crippen molar-refractivity contribution in [3.8, 4) is 0 Å². The first-order valence-corrected chi connectivity index (χ1v) is 3.93. The number of hydrogen-bond acceptors (Lipinski definition) is 1. The van der Waals surface area contributed by atoms with Crippen LogP contribution in [0.25, 0.3) is 0 Å². The lowest BCUT2D eigenvalue weighted by molar-refractivity contribution is -0.122. The van der Waals surface area contributed by atoms with Gasteiger partial charge >= 0.3 is 0 Å². The Morgan fingerprint density at radius 2 is 1.75 bits per heavy atom. The quantitative estimate of drug-likeness (QED) is 0.463. The van der Waals surface area contributed by atoms with Crippen LogP contribution in [0.3, 0.4) is 0 Å². The van der Waals surface area contributed by atoms with Crippen molar-refractivity contribution in [2.75, 3.05) is 0 Å². The highest BCUT2D eigenvalue weighted by atomic mass is 16.1. The number of Topliss-reactive ketones (excluding diaryl/α,β-unsaturated/α-hetero) is 1. The molecule has 0 N–H and O–H groups in total. The molecule has 0 saturated carbocycles. The Morgan fingerprint density at radius 3 is 2.00 bits per heavy atom. The molecule has 0 aromatic heterocycles. The van der Waals surface area contributed by atoms with Gasteiger partial charge in [-0.1, -0.05) is 52.2 Å². The molecular formula is C11H16O. The lowest BCUT2D eigenvalue weighted by Gasteiger charge is -2.16. The van der Waals surface area contributed by atoms with Crippen molar-refractivity contribution in [1.82, 2.24) is 0 Å². The third kappa shape index (κ3) is 2.87. The molecule has 0 saturated heterocycles. The monoisotopic (exact) mass is 164 g/mol. The Balaban J connectivity index is 4.78. The maximum absolute atomic E-state index is 11.6. The minimum atomic E-state index is -0.344. The molecule has 0 aliphatic heterocycles. The van der Waals surface area contributed by atoms with Crippen LogP contribution in [-0.2, 0) is 4.79 Å². The first-order chi connectivity index (χ1) is 5.43. The normalized spacial score (nSPS) is 12.4. The van der Waals surface area contributed by atoms with Crippen molar-refractivity contribution in [3.05, 3.63) is 37.0 Å². The van der Waals surface area contributed by atoms with Crippen molar-refractivity contribution >= 4 is 5.78 Å². The van der Waals surface area contributed by atoms with E-state index in [1.54, 1.807) is 18.2 Å². The lowest BCUT2D eigenvalue weighted by Crippen LogP contribution is -2.21. The van der Waals surface area contributed by atoms with Gasteiger partial charge in [-0.25, -0.2) is 0 Å². The second kappa shape index (κ2) is 4.05. The van der Waals surface area contributed by atoms with Crippen molar-refractivity contribution < 1.29 is 4.79 Å². The molecule has 1 heteroatoms. The molecule has 0 heterocycles. The van der Waals surface area contributed by atoms with Crippen molar-refractivity contribution in [3.63, 3.8) is 0 Å². The van der Waals surface area contributed by atoms with Crippen LogP contribution in [0.2, 0.25) is 0 Å². The van der Waals surface area contributed by atoms with Crippen LogP contribution < -0.4 is 0 Å². The fourth-order valence-corrected chi connectivity index (χ4v) is 0.796. The maximum Gasteiger partial charge on any atom is 0.168 e. The minimum Gasteiger partial charge on any atom is -0.294 e. The predicted octanol–water partition coefficient (Wildman–Crippen LogP) is 2.90. The van der Waals surface area contributed by atoms with Gasteiger partial charge in [-0.3, -0.25) is 4.79 Å². The van der Waals surface area contributed by atoms with Gasteiger partial charge in [0.2, 0.25) is 0 Å². The maximum atomic E-state index is 11.6. The van der Waals surface area contributed by atoms with Crippen LogP contribution in [-0.4, -0.2) is 5.78 Å². The fourth-order valence-electron chi connectivity index (χ4n) is 0.796. The van der Waals surface area contributed by atoms with E-state index < -0.39 is 0 Å². The summed E-state index contributed by atoms with van der Waals surface area (Å²) >= 11 is 0. The average molecular weight is 164 g/mol. The van der Waals surface area contributed by atoms with Crippen LogP contribution in [0.1, 0.15) is 20.8 Å². The molecule has 12 heavy (non-hydrogen) atoms. The molecule has 0 unspecified atom stereocenters. The zero-order chi connectivity index (χ0) is 9.78. The van der Waals surface area contributed by atoms with Gasteiger partial charge in [0.05, 0.1) is 0 Å². The molecule has 66 valence electrons. The molecule has 0 rings (SSSR count). The topological polar surface area (TPSA) is 17.1 Å². The van der Waals surface area contributed by atoms with Crippen molar-refractivity contribution in [2.45, 2.75) is 20.8 Å². The third-order valence-electron chi connectivity index (χ3n) is 1.46. The van der Waals surface area contributed by atoms with E-state index in [2.05, 4.69) is 13.2 Å². The Morgan fingerprint density at radius 1 is 1.25 bits per heavy atom. The molecule has 0 aliphatic rings. The fraction of sp³-hybridized carbons (Fsp3) is 0.364. The van der Waals surface area contributed by atoms with E-state index in [4.69, 9.17) is 0 Å². The summed E-state index contributed by atoms with van der Waals surface area (Å²) < 4.78 is 0. The van der Waals surface area contributed by atoms with Crippen LogP contribution in [0, 0.1) is 5.41 Å². The minimum absolute atomic E-state index is 0.0948. The smallest absolute Gasteiger partial charge is 0.168 e. The number of carbonyl (C=O) groups excluding carboxylic acids is 1. The molecular weight excluding hydrogens is 148 g/mol. The number of allylic oxidation sites excluding steroid dienone is 4. The van der Waals surface area contributed by atoms with Gasteiger partial charge in [-0.15, -0.1) is 0 Å². The standard InChI is InChI=1S/C11H16O/c1-6-8-9(7-2)10(12)11(3,4)5/h6-8H,1-2H2,3-5H3/b9-8+. The van der Waals surface area contributed by atoms with Crippen LogP contribution in [0.4, 0.5) is 0 Å². The zero-order valence-corrected chi connectivity index (χ0v) is 8.05. The predicted molar refractivity (Wildman–Crippen MR) is 52.9 cm³/mol. The molecule has 0 aromatic carbocycles. The van der Waals surface area contributed by atoms with Gasteiger partial charge < -0.3 is 0 Å². The summed E-state index contributed by atoms with van der Waals surface area (Å²) in [5.74, 6) is 0.0948. The lowest BCUT2D eigenvalue weighted by atomic mass is 9.86. The van der Waals surface area contributed by atoms with E-state index in [1.807, 2.05) is 20.8 Å². The highest BCUT2D eigenvalue weighted by molar-refractivity contribution is 6.01. The van der Waals surface area contributed by atoms with Crippen molar-refractivity contribution in [1.29, 1.82) is 0 Å². The average Bonchev–Trinajstić information content (AvgIpc) is 1.97. The highest BCUT2D eigenvalue weighted by Gasteiger charge is 2.22. The van der Waals surface area contributed by atoms with Gasteiger partial charge in [0.25, 0.3) is 0 Å². The van der Waals surface area contributed by atoms with Crippen LogP contribution in [0.5, 0.6) is 0 Å². The number of carbonyl (C=O) groups is 1.